The van der Waals surface area contributed by atoms with Gasteiger partial charge in [0.2, 0.25) is 0 Å². The van der Waals surface area contributed by atoms with E-state index in [1.807, 2.05) is 12.1 Å². The predicted molar refractivity (Wildman–Crippen MR) is 77.6 cm³/mol. The average molecular weight is 310 g/mol. The number of aryl methyl sites for hydroxylation is 1. The van der Waals surface area contributed by atoms with E-state index < -0.39 is 0 Å². The maximum Gasteiger partial charge on any atom is 0.0625 e. The van der Waals surface area contributed by atoms with Gasteiger partial charge in [-0.3, -0.25) is 0 Å². The van der Waals surface area contributed by atoms with E-state index in [1.54, 1.807) is 0 Å². The van der Waals surface area contributed by atoms with Crippen LogP contribution in [0.5, 0.6) is 0 Å². The summed E-state index contributed by atoms with van der Waals surface area (Å²) in [4.78, 5) is 0. The molecule has 0 N–H and O–H groups in total. The van der Waals surface area contributed by atoms with Crippen LogP contribution >= 0.6 is 27.5 Å². The Morgan fingerprint density at radius 3 is 2.59 bits per heavy atom. The predicted octanol–water partition coefficient (Wildman–Crippen LogP) is 5.28. The van der Waals surface area contributed by atoms with Crippen LogP contribution in [0.1, 0.15) is 22.1 Å². The van der Waals surface area contributed by atoms with Crippen molar-refractivity contribution in [2.24, 2.45) is 0 Å². The van der Waals surface area contributed by atoms with Crippen LogP contribution in [0.25, 0.3) is 0 Å². The van der Waals surface area contributed by atoms with Crippen molar-refractivity contribution in [3.05, 3.63) is 69.7 Å². The van der Waals surface area contributed by atoms with Crippen LogP contribution in [0.2, 0.25) is 0 Å². The van der Waals surface area contributed by atoms with Crippen LogP contribution in [0.15, 0.2) is 53.0 Å². The van der Waals surface area contributed by atoms with E-state index in [-0.39, 0.29) is 5.38 Å². The standard InChI is InChI=1S/C15H14BrCl/c1-11-4-2-6-13(8-11)15(17)10-12-5-3-7-14(16)9-12/h2-9,15H,10H2,1H3. The van der Waals surface area contributed by atoms with Crippen LogP contribution in [0.4, 0.5) is 0 Å². The summed E-state index contributed by atoms with van der Waals surface area (Å²) >= 11 is 9.93. The normalized spacial score (nSPS) is 12.4. The summed E-state index contributed by atoms with van der Waals surface area (Å²) in [5.74, 6) is 0. The van der Waals surface area contributed by atoms with Crippen molar-refractivity contribution in [3.8, 4) is 0 Å². The molecule has 1 unspecified atom stereocenters. The highest BCUT2D eigenvalue weighted by Crippen LogP contribution is 2.26. The first-order valence-electron chi connectivity index (χ1n) is 5.60. The molecule has 0 aromatic heterocycles. The molecule has 17 heavy (non-hydrogen) atoms. The summed E-state index contributed by atoms with van der Waals surface area (Å²) < 4.78 is 1.10. The third-order valence-electron chi connectivity index (χ3n) is 2.71. The summed E-state index contributed by atoms with van der Waals surface area (Å²) in [7, 11) is 0. The van der Waals surface area contributed by atoms with Crippen molar-refractivity contribution < 1.29 is 0 Å². The quantitative estimate of drug-likeness (QED) is 0.677. The molecular weight excluding hydrogens is 296 g/mol. The number of hydrogen-bond donors (Lipinski definition) is 0. The van der Waals surface area contributed by atoms with E-state index in [2.05, 4.69) is 59.3 Å². The molecular formula is C15H14BrCl. The Balaban J connectivity index is 2.14. The zero-order valence-corrected chi connectivity index (χ0v) is 12.0. The first-order chi connectivity index (χ1) is 8.15. The third-order valence-corrected chi connectivity index (χ3v) is 3.61. The van der Waals surface area contributed by atoms with Crippen LogP contribution in [0.3, 0.4) is 0 Å². The third kappa shape index (κ3) is 3.58. The monoisotopic (exact) mass is 308 g/mol. The van der Waals surface area contributed by atoms with Crippen molar-refractivity contribution in [2.45, 2.75) is 18.7 Å². The highest BCUT2D eigenvalue weighted by Gasteiger charge is 2.09. The topological polar surface area (TPSA) is 0 Å². The summed E-state index contributed by atoms with van der Waals surface area (Å²) in [6.45, 7) is 2.09. The van der Waals surface area contributed by atoms with Crippen molar-refractivity contribution in [1.82, 2.24) is 0 Å². The van der Waals surface area contributed by atoms with Gasteiger partial charge < -0.3 is 0 Å². The summed E-state index contributed by atoms with van der Waals surface area (Å²) in [5.41, 5.74) is 3.69. The number of halogens is 2. The van der Waals surface area contributed by atoms with Gasteiger partial charge in [0.05, 0.1) is 5.38 Å². The molecule has 0 radical (unpaired) electrons. The first kappa shape index (κ1) is 12.7. The lowest BCUT2D eigenvalue weighted by molar-refractivity contribution is 0.917. The number of rotatable bonds is 3. The summed E-state index contributed by atoms with van der Waals surface area (Å²) in [6.07, 6.45) is 0.852. The Morgan fingerprint density at radius 2 is 1.88 bits per heavy atom. The fourth-order valence-corrected chi connectivity index (χ4v) is 2.61. The second-order valence-electron chi connectivity index (χ2n) is 4.22. The molecule has 0 spiro atoms. The van der Waals surface area contributed by atoms with E-state index in [9.17, 15) is 0 Å². The van der Waals surface area contributed by atoms with E-state index >= 15 is 0 Å². The SMILES string of the molecule is Cc1cccc(C(Cl)Cc2cccc(Br)c2)c1. The van der Waals surface area contributed by atoms with E-state index in [0.29, 0.717) is 0 Å². The second-order valence-corrected chi connectivity index (χ2v) is 5.66. The van der Waals surface area contributed by atoms with Gasteiger partial charge in [0.1, 0.15) is 0 Å². The summed E-state index contributed by atoms with van der Waals surface area (Å²) in [6, 6.07) is 16.7. The Labute approximate surface area is 116 Å². The highest BCUT2D eigenvalue weighted by molar-refractivity contribution is 9.10. The minimum Gasteiger partial charge on any atom is -0.117 e. The van der Waals surface area contributed by atoms with Crippen molar-refractivity contribution >= 4 is 27.5 Å². The molecule has 1 atom stereocenters. The van der Waals surface area contributed by atoms with Gasteiger partial charge in [-0.05, 0) is 36.6 Å². The van der Waals surface area contributed by atoms with Gasteiger partial charge in [0.15, 0.2) is 0 Å². The summed E-state index contributed by atoms with van der Waals surface area (Å²) in [5, 5.41) is 0.0317. The van der Waals surface area contributed by atoms with Crippen LogP contribution < -0.4 is 0 Å². The zero-order chi connectivity index (χ0) is 12.3. The molecule has 0 fully saturated rings. The highest BCUT2D eigenvalue weighted by atomic mass is 79.9. The molecule has 0 aliphatic carbocycles. The Kier molecular flexibility index (Phi) is 4.25. The minimum absolute atomic E-state index is 0.0317. The minimum atomic E-state index is 0.0317. The van der Waals surface area contributed by atoms with Gasteiger partial charge in [0, 0.05) is 4.47 Å². The smallest absolute Gasteiger partial charge is 0.0625 e. The molecule has 2 aromatic carbocycles. The zero-order valence-electron chi connectivity index (χ0n) is 9.66. The first-order valence-corrected chi connectivity index (χ1v) is 6.83. The van der Waals surface area contributed by atoms with Gasteiger partial charge >= 0.3 is 0 Å². The van der Waals surface area contributed by atoms with E-state index in [1.165, 1.54) is 16.7 Å². The molecule has 2 heteroatoms. The molecule has 0 saturated heterocycles. The number of benzene rings is 2. The molecule has 0 nitrogen and oxygen atoms in total. The van der Waals surface area contributed by atoms with Crippen molar-refractivity contribution in [3.63, 3.8) is 0 Å². The van der Waals surface area contributed by atoms with E-state index in [4.69, 9.17) is 11.6 Å². The Bertz CT molecular complexity index is 508. The molecule has 2 aromatic rings. The van der Waals surface area contributed by atoms with Crippen LogP contribution in [0, 0.1) is 6.92 Å². The van der Waals surface area contributed by atoms with Crippen molar-refractivity contribution in [2.75, 3.05) is 0 Å². The fourth-order valence-electron chi connectivity index (χ4n) is 1.85. The lowest BCUT2D eigenvalue weighted by Gasteiger charge is -2.11. The largest absolute Gasteiger partial charge is 0.117 e. The van der Waals surface area contributed by atoms with Gasteiger partial charge in [-0.25, -0.2) is 0 Å². The molecule has 0 heterocycles. The molecule has 2 rings (SSSR count). The molecule has 0 bridgehead atoms. The molecule has 0 aliphatic heterocycles. The lowest BCUT2D eigenvalue weighted by Crippen LogP contribution is -1.96. The van der Waals surface area contributed by atoms with Gasteiger partial charge in [-0.2, -0.15) is 0 Å². The maximum atomic E-state index is 6.45. The molecule has 0 saturated carbocycles. The number of alkyl halides is 1. The van der Waals surface area contributed by atoms with Gasteiger partial charge in [-0.15, -0.1) is 11.6 Å². The molecule has 0 amide bonds. The lowest BCUT2D eigenvalue weighted by atomic mass is 10.0. The number of hydrogen-bond acceptors (Lipinski definition) is 0. The fraction of sp³-hybridized carbons (Fsp3) is 0.200. The molecule has 0 aliphatic rings. The van der Waals surface area contributed by atoms with Crippen molar-refractivity contribution in [1.29, 1.82) is 0 Å². The van der Waals surface area contributed by atoms with E-state index in [0.717, 1.165) is 10.9 Å². The Hall–Kier alpha value is -0.790. The molecule has 88 valence electrons. The van der Waals surface area contributed by atoms with Gasteiger partial charge in [-0.1, -0.05) is 57.9 Å². The maximum absolute atomic E-state index is 6.45. The van der Waals surface area contributed by atoms with Crippen LogP contribution in [-0.4, -0.2) is 0 Å². The van der Waals surface area contributed by atoms with Crippen LogP contribution in [-0.2, 0) is 6.42 Å². The van der Waals surface area contributed by atoms with Gasteiger partial charge in [0.25, 0.3) is 0 Å². The average Bonchev–Trinajstić information content (AvgIpc) is 2.29. The second kappa shape index (κ2) is 5.70. The Morgan fingerprint density at radius 1 is 1.12 bits per heavy atom.